The van der Waals surface area contributed by atoms with Gasteiger partial charge >= 0.3 is 5.97 Å². The molecule has 0 aromatic heterocycles. The number of esters is 1. The van der Waals surface area contributed by atoms with Gasteiger partial charge in [-0.25, -0.2) is 0 Å². The van der Waals surface area contributed by atoms with Crippen LogP contribution in [0.4, 0.5) is 0 Å². The minimum atomic E-state index is 0.0489. The Morgan fingerprint density at radius 1 is 0.714 bits per heavy atom. The van der Waals surface area contributed by atoms with E-state index in [0.29, 0.717) is 0 Å². The van der Waals surface area contributed by atoms with E-state index in [4.69, 9.17) is 4.74 Å². The van der Waals surface area contributed by atoms with Gasteiger partial charge in [0.1, 0.15) is 6.10 Å². The lowest BCUT2D eigenvalue weighted by Gasteiger charge is -2.35. The number of hydrogen-bond donors (Lipinski definition) is 0. The highest BCUT2D eigenvalue weighted by Crippen LogP contribution is 2.31. The Labute approximate surface area is 173 Å². The third-order valence-electron chi connectivity index (χ3n) is 6.18. The number of aryl methyl sites for hydroxylation is 1. The molecule has 0 bridgehead atoms. The van der Waals surface area contributed by atoms with E-state index >= 15 is 0 Å². The first kappa shape index (κ1) is 23.0. The summed E-state index contributed by atoms with van der Waals surface area (Å²) in [5, 5.41) is 0. The molecule has 2 unspecified atom stereocenters. The third kappa shape index (κ3) is 9.26. The van der Waals surface area contributed by atoms with Gasteiger partial charge in [-0.1, -0.05) is 108 Å². The molecule has 28 heavy (non-hydrogen) atoms. The third-order valence-corrected chi connectivity index (χ3v) is 6.18. The predicted octanol–water partition coefficient (Wildman–Crippen LogP) is 7.64. The fourth-order valence-corrected chi connectivity index (χ4v) is 4.31. The molecule has 2 nitrogen and oxygen atoms in total. The van der Waals surface area contributed by atoms with Crippen LogP contribution < -0.4 is 0 Å². The Hall–Kier alpha value is -1.31. The molecule has 1 fully saturated rings. The molecule has 0 saturated carbocycles. The number of carbonyl (C=O) groups is 1. The van der Waals surface area contributed by atoms with E-state index in [1.807, 2.05) is 0 Å². The highest BCUT2D eigenvalue weighted by atomic mass is 16.6. The molecule has 0 N–H and O–H groups in total. The Morgan fingerprint density at radius 3 is 1.89 bits per heavy atom. The summed E-state index contributed by atoms with van der Waals surface area (Å²) in [7, 11) is 0. The standard InChI is InChI=1S/C26H42O2/c1-2-3-4-5-6-7-8-9-10-11-15-22-25-24(26(27)28-25)21-17-16-20-23-18-13-12-14-19-23/h12-14,18-19,24-25H,2-11,15-17,20-22H2,1H3. The number of carbonyl (C=O) groups excluding carboxylic acids is 1. The molecule has 158 valence electrons. The van der Waals surface area contributed by atoms with E-state index in [9.17, 15) is 4.79 Å². The Balaban J connectivity index is 1.42. The van der Waals surface area contributed by atoms with E-state index in [-0.39, 0.29) is 18.0 Å². The molecule has 2 rings (SSSR count). The fourth-order valence-electron chi connectivity index (χ4n) is 4.31. The normalized spacial score (nSPS) is 18.7. The quantitative estimate of drug-likeness (QED) is 0.203. The second-order valence-electron chi connectivity index (χ2n) is 8.64. The van der Waals surface area contributed by atoms with Gasteiger partial charge in [-0.3, -0.25) is 4.79 Å². The van der Waals surface area contributed by atoms with Gasteiger partial charge < -0.3 is 4.74 Å². The molecule has 0 radical (unpaired) electrons. The molecule has 0 aliphatic carbocycles. The molecular weight excluding hydrogens is 344 g/mol. The number of cyclic esters (lactones) is 1. The van der Waals surface area contributed by atoms with Crippen LogP contribution in [0, 0.1) is 5.92 Å². The van der Waals surface area contributed by atoms with Gasteiger partial charge in [0, 0.05) is 0 Å². The Kier molecular flexibility index (Phi) is 12.0. The van der Waals surface area contributed by atoms with Crippen LogP contribution in [-0.4, -0.2) is 12.1 Å². The van der Waals surface area contributed by atoms with Gasteiger partial charge in [-0.15, -0.1) is 0 Å². The molecule has 1 heterocycles. The first-order valence-electron chi connectivity index (χ1n) is 12.1. The summed E-state index contributed by atoms with van der Waals surface area (Å²) < 4.78 is 5.42. The maximum absolute atomic E-state index is 11.8. The maximum Gasteiger partial charge on any atom is 0.313 e. The summed E-state index contributed by atoms with van der Waals surface area (Å²) in [6.07, 6.45) is 20.8. The van der Waals surface area contributed by atoms with Crippen molar-refractivity contribution in [3.63, 3.8) is 0 Å². The number of rotatable bonds is 17. The minimum absolute atomic E-state index is 0.0489. The molecule has 1 aliphatic rings. The van der Waals surface area contributed by atoms with E-state index in [1.165, 1.54) is 82.6 Å². The number of benzene rings is 1. The van der Waals surface area contributed by atoms with Gasteiger partial charge in [0.05, 0.1) is 5.92 Å². The van der Waals surface area contributed by atoms with Crippen LogP contribution in [0.2, 0.25) is 0 Å². The maximum atomic E-state index is 11.8. The van der Waals surface area contributed by atoms with E-state index in [0.717, 1.165) is 25.7 Å². The van der Waals surface area contributed by atoms with E-state index < -0.39 is 0 Å². The molecule has 0 amide bonds. The first-order valence-corrected chi connectivity index (χ1v) is 12.1. The van der Waals surface area contributed by atoms with Gasteiger partial charge in [-0.2, -0.15) is 0 Å². The van der Waals surface area contributed by atoms with Crippen LogP contribution in [0.3, 0.4) is 0 Å². The lowest BCUT2D eigenvalue weighted by Crippen LogP contribution is -2.44. The summed E-state index contributed by atoms with van der Waals surface area (Å²) in [5.41, 5.74) is 1.40. The van der Waals surface area contributed by atoms with Crippen molar-refractivity contribution in [2.24, 2.45) is 5.92 Å². The monoisotopic (exact) mass is 386 g/mol. The van der Waals surface area contributed by atoms with E-state index in [2.05, 4.69) is 37.3 Å². The Bertz CT molecular complexity index is 510. The summed E-state index contributed by atoms with van der Waals surface area (Å²) in [6.45, 7) is 2.28. The zero-order valence-corrected chi connectivity index (χ0v) is 18.2. The predicted molar refractivity (Wildman–Crippen MR) is 118 cm³/mol. The van der Waals surface area contributed by atoms with Gasteiger partial charge in [0.25, 0.3) is 0 Å². The SMILES string of the molecule is CCCCCCCCCCCCCC1OC(=O)C1CCCCc1ccccc1. The average molecular weight is 387 g/mol. The summed E-state index contributed by atoms with van der Waals surface area (Å²) in [4.78, 5) is 11.8. The molecule has 1 aromatic carbocycles. The fraction of sp³-hybridized carbons (Fsp3) is 0.731. The Morgan fingerprint density at radius 2 is 1.29 bits per heavy atom. The largest absolute Gasteiger partial charge is 0.461 e. The van der Waals surface area contributed by atoms with Crippen molar-refractivity contribution >= 4 is 5.97 Å². The number of hydrogen-bond acceptors (Lipinski definition) is 2. The molecule has 2 atom stereocenters. The van der Waals surface area contributed by atoms with Crippen LogP contribution in [0.5, 0.6) is 0 Å². The van der Waals surface area contributed by atoms with Crippen LogP contribution in [0.1, 0.15) is 109 Å². The van der Waals surface area contributed by atoms with Crippen molar-refractivity contribution in [1.82, 2.24) is 0 Å². The molecule has 1 aromatic rings. The lowest BCUT2D eigenvalue weighted by atomic mass is 9.87. The summed E-state index contributed by atoms with van der Waals surface area (Å²) >= 11 is 0. The molecule has 0 spiro atoms. The molecule has 1 saturated heterocycles. The molecular formula is C26H42O2. The second-order valence-corrected chi connectivity index (χ2v) is 8.64. The highest BCUT2D eigenvalue weighted by molar-refractivity contribution is 5.78. The highest BCUT2D eigenvalue weighted by Gasteiger charge is 2.40. The van der Waals surface area contributed by atoms with E-state index in [1.54, 1.807) is 0 Å². The number of ether oxygens (including phenoxy) is 1. The van der Waals surface area contributed by atoms with Crippen molar-refractivity contribution in [2.75, 3.05) is 0 Å². The van der Waals surface area contributed by atoms with Crippen molar-refractivity contribution in [1.29, 1.82) is 0 Å². The first-order chi connectivity index (χ1) is 13.8. The van der Waals surface area contributed by atoms with Gasteiger partial charge in [0.2, 0.25) is 0 Å². The van der Waals surface area contributed by atoms with Gasteiger partial charge in [-0.05, 0) is 37.7 Å². The molecule has 1 aliphatic heterocycles. The topological polar surface area (TPSA) is 26.3 Å². The lowest BCUT2D eigenvalue weighted by molar-refractivity contribution is -0.186. The van der Waals surface area contributed by atoms with Gasteiger partial charge in [0.15, 0.2) is 0 Å². The van der Waals surface area contributed by atoms with Crippen molar-refractivity contribution in [3.8, 4) is 0 Å². The second kappa shape index (κ2) is 14.7. The zero-order chi connectivity index (χ0) is 19.9. The molecule has 2 heteroatoms. The summed E-state index contributed by atoms with van der Waals surface area (Å²) in [6, 6.07) is 10.6. The minimum Gasteiger partial charge on any atom is -0.461 e. The van der Waals surface area contributed by atoms with Crippen molar-refractivity contribution in [2.45, 2.75) is 116 Å². The van der Waals surface area contributed by atoms with Crippen LogP contribution in [0.25, 0.3) is 0 Å². The van der Waals surface area contributed by atoms with Crippen LogP contribution in [-0.2, 0) is 16.0 Å². The summed E-state index contributed by atoms with van der Waals surface area (Å²) in [5.74, 6) is 0.228. The average Bonchev–Trinajstić information content (AvgIpc) is 2.71. The zero-order valence-electron chi connectivity index (χ0n) is 18.2. The van der Waals surface area contributed by atoms with Crippen molar-refractivity contribution < 1.29 is 9.53 Å². The smallest absolute Gasteiger partial charge is 0.313 e. The number of unbranched alkanes of at least 4 members (excludes halogenated alkanes) is 11. The van der Waals surface area contributed by atoms with Crippen molar-refractivity contribution in [3.05, 3.63) is 35.9 Å². The van der Waals surface area contributed by atoms with Crippen LogP contribution >= 0.6 is 0 Å². The van der Waals surface area contributed by atoms with Crippen LogP contribution in [0.15, 0.2) is 30.3 Å².